The molecule has 0 N–H and O–H groups in total. The van der Waals surface area contributed by atoms with E-state index in [2.05, 4.69) is 33.8 Å². The molecule has 3 fully saturated rings. The maximum Gasteiger partial charge on any atom is 0.155 e. The Morgan fingerprint density at radius 2 is 1.92 bits per heavy atom. The zero-order valence-corrected chi connectivity index (χ0v) is 16.7. The number of carbonyl (C=O) groups excluding carboxylic acids is 1. The summed E-state index contributed by atoms with van der Waals surface area (Å²) in [5, 5.41) is 0. The summed E-state index contributed by atoms with van der Waals surface area (Å²) in [4.78, 5) is 12.0. The van der Waals surface area contributed by atoms with Gasteiger partial charge in [0.2, 0.25) is 0 Å². The molecule has 0 spiro atoms. The third kappa shape index (κ3) is 2.52. The fraction of sp³-hybridized carbons (Fsp3) is 0.792. The lowest BCUT2D eigenvalue weighted by Gasteiger charge is -2.58. The molecule has 4 aliphatic rings. The molecule has 1 nitrogen and oxygen atoms in total. The van der Waals surface area contributed by atoms with Crippen LogP contribution in [0.1, 0.15) is 85.5 Å². The standard InChI is InChI=1S/C24H36O/c1-5-6-16(2)20-9-10-21-19-8-7-17-15-18(25)11-13-23(17,3)22(19)12-14-24(20,21)4/h6,15,19-22H,5,7-14H2,1-4H3/t19?,20-,21?,22?,23?,24?/m1/s1. The van der Waals surface area contributed by atoms with Gasteiger partial charge in [0, 0.05) is 6.42 Å². The van der Waals surface area contributed by atoms with E-state index < -0.39 is 0 Å². The molecule has 6 atom stereocenters. The van der Waals surface area contributed by atoms with Gasteiger partial charge in [0.15, 0.2) is 5.78 Å². The fourth-order valence-electron chi connectivity index (χ4n) is 7.77. The molecule has 0 aliphatic heterocycles. The highest BCUT2D eigenvalue weighted by atomic mass is 16.1. The Balaban J connectivity index is 1.64. The van der Waals surface area contributed by atoms with Gasteiger partial charge in [-0.25, -0.2) is 0 Å². The second-order valence-electron chi connectivity index (χ2n) is 10.00. The van der Waals surface area contributed by atoms with Crippen molar-refractivity contribution in [3.8, 4) is 0 Å². The minimum Gasteiger partial charge on any atom is -0.295 e. The highest BCUT2D eigenvalue weighted by molar-refractivity contribution is 5.91. The lowest BCUT2D eigenvalue weighted by molar-refractivity contribution is -0.117. The van der Waals surface area contributed by atoms with Crippen molar-refractivity contribution in [2.24, 2.45) is 34.5 Å². The summed E-state index contributed by atoms with van der Waals surface area (Å²) in [6.45, 7) is 9.79. The number of rotatable bonds is 2. The normalized spacial score (nSPS) is 47.0. The lowest BCUT2D eigenvalue weighted by Crippen LogP contribution is -2.50. The molecule has 0 aromatic carbocycles. The number of allylic oxidation sites excluding steroid dienone is 3. The Bertz CT molecular complexity index is 626. The predicted octanol–water partition coefficient (Wildman–Crippen LogP) is 6.49. The zero-order chi connectivity index (χ0) is 17.8. The Labute approximate surface area is 154 Å². The summed E-state index contributed by atoms with van der Waals surface area (Å²) in [7, 11) is 0. The monoisotopic (exact) mass is 340 g/mol. The van der Waals surface area contributed by atoms with Gasteiger partial charge in [-0.1, -0.05) is 38.0 Å². The van der Waals surface area contributed by atoms with Crippen LogP contribution in [0.25, 0.3) is 0 Å². The summed E-state index contributed by atoms with van der Waals surface area (Å²) in [5.74, 6) is 3.83. The van der Waals surface area contributed by atoms with Gasteiger partial charge in [0.25, 0.3) is 0 Å². The Kier molecular flexibility index (Phi) is 4.28. The van der Waals surface area contributed by atoms with Crippen LogP contribution in [0.3, 0.4) is 0 Å². The average molecular weight is 341 g/mol. The molecule has 3 saturated carbocycles. The quantitative estimate of drug-likeness (QED) is 0.525. The number of ketones is 1. The SMILES string of the molecule is CCC=C(C)[C@H]1CCC2C3CCC4=CC(=O)CCC4(C)C3CCC21C. The molecule has 0 radical (unpaired) electrons. The highest BCUT2D eigenvalue weighted by Crippen LogP contribution is 2.67. The first kappa shape index (κ1) is 17.6. The molecule has 0 aromatic rings. The van der Waals surface area contributed by atoms with Crippen LogP contribution in [0, 0.1) is 34.5 Å². The van der Waals surface area contributed by atoms with Crippen molar-refractivity contribution in [2.75, 3.05) is 0 Å². The van der Waals surface area contributed by atoms with Crippen molar-refractivity contribution in [2.45, 2.75) is 85.5 Å². The Morgan fingerprint density at radius 3 is 2.68 bits per heavy atom. The van der Waals surface area contributed by atoms with Crippen LogP contribution in [0.4, 0.5) is 0 Å². The summed E-state index contributed by atoms with van der Waals surface area (Å²) in [6.07, 6.45) is 15.7. The van der Waals surface area contributed by atoms with Gasteiger partial charge in [-0.15, -0.1) is 0 Å². The highest BCUT2D eigenvalue weighted by Gasteiger charge is 2.58. The maximum atomic E-state index is 12.0. The molecule has 138 valence electrons. The maximum absolute atomic E-state index is 12.0. The van der Waals surface area contributed by atoms with Gasteiger partial charge in [0.05, 0.1) is 0 Å². The second kappa shape index (κ2) is 6.10. The van der Waals surface area contributed by atoms with E-state index in [9.17, 15) is 4.79 Å². The van der Waals surface area contributed by atoms with Gasteiger partial charge in [-0.3, -0.25) is 4.79 Å². The van der Waals surface area contributed by atoms with E-state index in [0.717, 1.165) is 36.5 Å². The molecule has 4 rings (SSSR count). The molecule has 1 heteroatoms. The van der Waals surface area contributed by atoms with E-state index in [-0.39, 0.29) is 0 Å². The molecule has 0 aromatic heterocycles. The summed E-state index contributed by atoms with van der Waals surface area (Å²) in [6, 6.07) is 0. The third-order valence-corrected chi connectivity index (χ3v) is 9.04. The zero-order valence-electron chi connectivity index (χ0n) is 16.7. The van der Waals surface area contributed by atoms with Crippen molar-refractivity contribution in [3.63, 3.8) is 0 Å². The molecule has 0 saturated heterocycles. The topological polar surface area (TPSA) is 17.1 Å². The molecule has 5 unspecified atom stereocenters. The first-order chi connectivity index (χ1) is 11.9. The lowest BCUT2D eigenvalue weighted by atomic mass is 9.46. The van der Waals surface area contributed by atoms with Gasteiger partial charge < -0.3 is 0 Å². The van der Waals surface area contributed by atoms with Gasteiger partial charge in [-0.05, 0) is 98.9 Å². The van der Waals surface area contributed by atoms with Crippen LogP contribution >= 0.6 is 0 Å². The number of fused-ring (bicyclic) bond motifs is 5. The van der Waals surface area contributed by atoms with Crippen LogP contribution in [-0.2, 0) is 4.79 Å². The molecular weight excluding hydrogens is 304 g/mol. The molecule has 0 bridgehead atoms. The largest absolute Gasteiger partial charge is 0.295 e. The van der Waals surface area contributed by atoms with E-state index in [0.29, 0.717) is 16.6 Å². The van der Waals surface area contributed by atoms with Crippen molar-refractivity contribution in [1.29, 1.82) is 0 Å². The predicted molar refractivity (Wildman–Crippen MR) is 104 cm³/mol. The molecule has 25 heavy (non-hydrogen) atoms. The minimum absolute atomic E-state index is 0.324. The molecule has 0 amide bonds. The fourth-order valence-corrected chi connectivity index (χ4v) is 7.77. The smallest absolute Gasteiger partial charge is 0.155 e. The van der Waals surface area contributed by atoms with Crippen molar-refractivity contribution in [3.05, 3.63) is 23.3 Å². The van der Waals surface area contributed by atoms with Gasteiger partial charge >= 0.3 is 0 Å². The van der Waals surface area contributed by atoms with Crippen LogP contribution < -0.4 is 0 Å². The summed E-state index contributed by atoms with van der Waals surface area (Å²) in [5.41, 5.74) is 4.02. The summed E-state index contributed by atoms with van der Waals surface area (Å²) >= 11 is 0. The number of hydrogen-bond acceptors (Lipinski definition) is 1. The van der Waals surface area contributed by atoms with Gasteiger partial charge in [-0.2, -0.15) is 0 Å². The van der Waals surface area contributed by atoms with E-state index >= 15 is 0 Å². The Hall–Kier alpha value is -0.850. The first-order valence-corrected chi connectivity index (χ1v) is 10.8. The third-order valence-electron chi connectivity index (χ3n) is 9.04. The van der Waals surface area contributed by atoms with Crippen molar-refractivity contribution < 1.29 is 4.79 Å². The van der Waals surface area contributed by atoms with Crippen LogP contribution in [-0.4, -0.2) is 5.78 Å². The number of hydrogen-bond donors (Lipinski definition) is 0. The van der Waals surface area contributed by atoms with E-state index in [1.165, 1.54) is 50.5 Å². The van der Waals surface area contributed by atoms with Crippen LogP contribution in [0.2, 0.25) is 0 Å². The second-order valence-corrected chi connectivity index (χ2v) is 10.00. The molecule has 0 heterocycles. The van der Waals surface area contributed by atoms with Crippen molar-refractivity contribution >= 4 is 5.78 Å². The molecule has 4 aliphatic carbocycles. The minimum atomic E-state index is 0.324. The van der Waals surface area contributed by atoms with E-state index in [4.69, 9.17) is 0 Å². The summed E-state index contributed by atoms with van der Waals surface area (Å²) < 4.78 is 0. The van der Waals surface area contributed by atoms with E-state index in [1.54, 1.807) is 5.57 Å². The van der Waals surface area contributed by atoms with Crippen LogP contribution in [0.15, 0.2) is 23.3 Å². The van der Waals surface area contributed by atoms with Gasteiger partial charge in [0.1, 0.15) is 0 Å². The van der Waals surface area contributed by atoms with E-state index in [1.807, 2.05) is 6.08 Å². The average Bonchev–Trinajstić information content (AvgIpc) is 2.93. The van der Waals surface area contributed by atoms with Crippen molar-refractivity contribution in [1.82, 2.24) is 0 Å². The van der Waals surface area contributed by atoms with Crippen LogP contribution in [0.5, 0.6) is 0 Å². The number of carbonyl (C=O) groups is 1. The molecular formula is C24H36O. The first-order valence-electron chi connectivity index (χ1n) is 10.8. The Morgan fingerprint density at radius 1 is 1.12 bits per heavy atom.